The quantitative estimate of drug-likeness (QED) is 0.626. The number of rotatable bonds is 6. The van der Waals surface area contributed by atoms with Crippen LogP contribution in [0.2, 0.25) is 0 Å². The van der Waals surface area contributed by atoms with Crippen LogP contribution >= 0.6 is 0 Å². The Morgan fingerprint density at radius 1 is 1.44 bits per heavy atom. The van der Waals surface area contributed by atoms with E-state index >= 15 is 0 Å². The van der Waals surface area contributed by atoms with Crippen molar-refractivity contribution in [1.29, 1.82) is 0 Å². The highest BCUT2D eigenvalue weighted by Crippen LogP contribution is 2.24. The first-order valence-electron chi connectivity index (χ1n) is 6.16. The molecule has 18 heavy (non-hydrogen) atoms. The fraction of sp³-hybridized carbons (Fsp3) is 0.500. The Morgan fingerprint density at radius 2 is 2.17 bits per heavy atom. The van der Waals surface area contributed by atoms with E-state index in [9.17, 15) is 14.3 Å². The highest BCUT2D eigenvalue weighted by molar-refractivity contribution is 5.91. The molecule has 0 aromatic heterocycles. The number of ether oxygens (including phenoxy) is 1. The minimum absolute atomic E-state index is 0.0986. The van der Waals surface area contributed by atoms with Gasteiger partial charge in [-0.3, -0.25) is 0 Å². The van der Waals surface area contributed by atoms with E-state index in [-0.39, 0.29) is 5.56 Å². The van der Waals surface area contributed by atoms with Crippen molar-refractivity contribution in [2.75, 3.05) is 7.11 Å². The van der Waals surface area contributed by atoms with Crippen molar-refractivity contribution in [3.63, 3.8) is 0 Å². The fourth-order valence-electron chi connectivity index (χ4n) is 1.85. The summed E-state index contributed by atoms with van der Waals surface area (Å²) in [6, 6.07) is 3.78. The number of halogens is 1. The van der Waals surface area contributed by atoms with Gasteiger partial charge in [-0.2, -0.15) is 0 Å². The number of hydrogen-bond acceptors (Lipinski definition) is 3. The molecule has 1 rings (SSSR count). The van der Waals surface area contributed by atoms with Gasteiger partial charge in [0, 0.05) is 0 Å². The average Bonchev–Trinajstić information content (AvgIpc) is 2.37. The van der Waals surface area contributed by atoms with Gasteiger partial charge < -0.3 is 9.84 Å². The van der Waals surface area contributed by atoms with Crippen molar-refractivity contribution >= 4 is 5.97 Å². The first kappa shape index (κ1) is 14.6. The summed E-state index contributed by atoms with van der Waals surface area (Å²) in [6.45, 7) is 2.07. The zero-order chi connectivity index (χ0) is 13.5. The smallest absolute Gasteiger partial charge is 0.338 e. The van der Waals surface area contributed by atoms with Crippen LogP contribution in [-0.4, -0.2) is 18.2 Å². The lowest BCUT2D eigenvalue weighted by Crippen LogP contribution is -2.10. The van der Waals surface area contributed by atoms with E-state index in [0.717, 1.165) is 25.3 Å². The predicted octanol–water partition coefficient (Wildman–Crippen LogP) is 3.23. The Hall–Kier alpha value is -1.42. The minimum Gasteiger partial charge on any atom is -0.465 e. The largest absolute Gasteiger partial charge is 0.465 e. The molecule has 1 aromatic carbocycles. The number of esters is 1. The fourth-order valence-corrected chi connectivity index (χ4v) is 1.85. The maximum Gasteiger partial charge on any atom is 0.338 e. The molecule has 0 aliphatic carbocycles. The third-order valence-electron chi connectivity index (χ3n) is 2.86. The lowest BCUT2D eigenvalue weighted by molar-refractivity contribution is 0.0591. The Balaban J connectivity index is 2.89. The molecule has 100 valence electrons. The van der Waals surface area contributed by atoms with Gasteiger partial charge in [0.15, 0.2) is 0 Å². The predicted molar refractivity (Wildman–Crippen MR) is 66.8 cm³/mol. The number of hydrogen-bond donors (Lipinski definition) is 1. The van der Waals surface area contributed by atoms with E-state index in [1.54, 1.807) is 0 Å². The van der Waals surface area contributed by atoms with E-state index in [4.69, 9.17) is 0 Å². The van der Waals surface area contributed by atoms with Gasteiger partial charge in [-0.25, -0.2) is 9.18 Å². The van der Waals surface area contributed by atoms with Gasteiger partial charge in [0.25, 0.3) is 0 Å². The van der Waals surface area contributed by atoms with Crippen molar-refractivity contribution in [3.05, 3.63) is 35.1 Å². The number of benzene rings is 1. The molecule has 0 fully saturated rings. The van der Waals surface area contributed by atoms with E-state index in [2.05, 4.69) is 11.7 Å². The maximum absolute atomic E-state index is 13.1. The molecule has 0 aliphatic heterocycles. The topological polar surface area (TPSA) is 46.5 Å². The Kier molecular flexibility index (Phi) is 5.78. The van der Waals surface area contributed by atoms with Crippen LogP contribution in [-0.2, 0) is 4.74 Å². The Morgan fingerprint density at radius 3 is 2.78 bits per heavy atom. The maximum atomic E-state index is 13.1. The minimum atomic E-state index is -0.758. The molecule has 0 saturated heterocycles. The van der Waals surface area contributed by atoms with Crippen LogP contribution in [0.25, 0.3) is 0 Å². The molecule has 0 amide bonds. The summed E-state index contributed by atoms with van der Waals surface area (Å²) < 4.78 is 17.7. The number of unbranched alkanes of at least 4 members (excludes halogenated alkanes) is 2. The van der Waals surface area contributed by atoms with Crippen molar-refractivity contribution in [1.82, 2.24) is 0 Å². The summed E-state index contributed by atoms with van der Waals surface area (Å²) in [4.78, 5) is 11.5. The van der Waals surface area contributed by atoms with Crippen molar-refractivity contribution in [2.45, 2.75) is 38.7 Å². The van der Waals surface area contributed by atoms with Gasteiger partial charge in [0.2, 0.25) is 0 Å². The summed E-state index contributed by atoms with van der Waals surface area (Å²) in [6.07, 6.45) is 2.75. The zero-order valence-electron chi connectivity index (χ0n) is 10.8. The zero-order valence-corrected chi connectivity index (χ0v) is 10.8. The monoisotopic (exact) mass is 254 g/mol. The molecule has 1 atom stereocenters. The number of methoxy groups -OCH3 is 1. The van der Waals surface area contributed by atoms with Gasteiger partial charge in [-0.1, -0.05) is 32.3 Å². The van der Waals surface area contributed by atoms with Crippen LogP contribution in [0.4, 0.5) is 4.39 Å². The molecular formula is C14H19FO3. The second-order valence-electron chi connectivity index (χ2n) is 4.23. The van der Waals surface area contributed by atoms with Crippen LogP contribution < -0.4 is 0 Å². The van der Waals surface area contributed by atoms with Gasteiger partial charge in [0.05, 0.1) is 18.8 Å². The molecule has 0 radical (unpaired) electrons. The van der Waals surface area contributed by atoms with Crippen molar-refractivity contribution in [2.24, 2.45) is 0 Å². The molecule has 0 heterocycles. The number of carbonyl (C=O) groups excluding carboxylic acids is 1. The third kappa shape index (κ3) is 3.81. The number of aliphatic hydroxyl groups excluding tert-OH is 1. The van der Waals surface area contributed by atoms with Crippen LogP contribution in [0.5, 0.6) is 0 Å². The lowest BCUT2D eigenvalue weighted by Gasteiger charge is -2.14. The average molecular weight is 254 g/mol. The van der Waals surface area contributed by atoms with Crippen LogP contribution in [0, 0.1) is 5.82 Å². The van der Waals surface area contributed by atoms with E-state index < -0.39 is 17.9 Å². The number of aliphatic hydroxyl groups is 1. The standard InChI is InChI=1S/C14H19FO3/c1-3-4-5-6-13(16)11-8-7-10(15)9-12(11)14(17)18-2/h7-9,13,16H,3-6H2,1-2H3. The Bertz CT molecular complexity index is 404. The molecule has 0 bridgehead atoms. The third-order valence-corrected chi connectivity index (χ3v) is 2.86. The normalized spacial score (nSPS) is 12.2. The van der Waals surface area contributed by atoms with Gasteiger partial charge in [-0.15, -0.1) is 0 Å². The van der Waals surface area contributed by atoms with Gasteiger partial charge >= 0.3 is 5.97 Å². The highest BCUT2D eigenvalue weighted by atomic mass is 19.1. The molecule has 1 N–H and O–H groups in total. The van der Waals surface area contributed by atoms with Gasteiger partial charge in [-0.05, 0) is 24.1 Å². The van der Waals surface area contributed by atoms with Crippen LogP contribution in [0.3, 0.4) is 0 Å². The first-order chi connectivity index (χ1) is 8.60. The Labute approximate surface area is 107 Å². The molecule has 1 unspecified atom stereocenters. The molecular weight excluding hydrogens is 235 g/mol. The summed E-state index contributed by atoms with van der Waals surface area (Å²) in [5.41, 5.74) is 0.529. The summed E-state index contributed by atoms with van der Waals surface area (Å²) in [7, 11) is 1.24. The molecule has 4 heteroatoms. The highest BCUT2D eigenvalue weighted by Gasteiger charge is 2.18. The molecule has 0 aliphatic rings. The first-order valence-corrected chi connectivity index (χ1v) is 6.16. The molecule has 1 aromatic rings. The second kappa shape index (κ2) is 7.11. The second-order valence-corrected chi connectivity index (χ2v) is 4.23. The van der Waals surface area contributed by atoms with Crippen molar-refractivity contribution < 1.29 is 19.0 Å². The summed E-state index contributed by atoms with van der Waals surface area (Å²) >= 11 is 0. The van der Waals surface area contributed by atoms with Crippen LogP contribution in [0.15, 0.2) is 18.2 Å². The van der Waals surface area contributed by atoms with E-state index in [0.29, 0.717) is 12.0 Å². The van der Waals surface area contributed by atoms with Gasteiger partial charge in [0.1, 0.15) is 5.82 Å². The molecule has 3 nitrogen and oxygen atoms in total. The van der Waals surface area contributed by atoms with E-state index in [1.807, 2.05) is 0 Å². The van der Waals surface area contributed by atoms with E-state index in [1.165, 1.54) is 19.2 Å². The molecule has 0 spiro atoms. The summed E-state index contributed by atoms with van der Waals surface area (Å²) in [5.74, 6) is -1.14. The SMILES string of the molecule is CCCCCC(O)c1ccc(F)cc1C(=O)OC. The summed E-state index contributed by atoms with van der Waals surface area (Å²) in [5, 5.41) is 10.0. The van der Waals surface area contributed by atoms with Crippen LogP contribution in [0.1, 0.15) is 54.6 Å². The van der Waals surface area contributed by atoms with Crippen molar-refractivity contribution in [3.8, 4) is 0 Å². The molecule has 0 saturated carbocycles. The lowest BCUT2D eigenvalue weighted by atomic mass is 9.98. The number of carbonyl (C=O) groups is 1.